The molecule has 0 fully saturated rings. The van der Waals surface area contributed by atoms with Crippen molar-refractivity contribution in [2.45, 2.75) is 387 Å². The highest BCUT2D eigenvalue weighted by atomic mass is 15.3. The SMILES string of the molecule is CCCCCCCCCCCCCCCC[N+](CCCCCCCCCCCCCCCC)(CCCCCCCCCCCCCCCC)CCCCCCCCCCCCCCCC.[BH4-]. The van der Waals surface area contributed by atoms with Gasteiger partial charge in [-0.15, -0.1) is 0 Å². The molecule has 0 atom stereocenters. The Morgan fingerprint density at radius 3 is 0.333 bits per heavy atom. The van der Waals surface area contributed by atoms with Crippen molar-refractivity contribution in [1.82, 2.24) is 0 Å². The standard InChI is InChI=1S/C64H132N.BH4/c1-5-9-13-17-21-25-29-33-37-41-45-49-53-57-61-65(62-58-54-50-46-42-38-34-30-26-22-18-14-10-6-2,63-59-55-51-47-43-39-35-31-27-23-19-15-11-7-3)64-60-56-52-48-44-40-36-32-28-24-20-16-12-8-4;/h5-64H2,1-4H3;1H4/q+1;-1. The van der Waals surface area contributed by atoms with Crippen molar-refractivity contribution in [3.05, 3.63) is 0 Å². The smallest absolute Gasteiger partial charge is 0.0786 e. The molecular formula is C64H136BN. The lowest BCUT2D eigenvalue weighted by Crippen LogP contribution is -2.50. The molecule has 0 aliphatic carbocycles. The first-order valence-electron chi connectivity index (χ1n) is 32.1. The number of nitrogens with zero attached hydrogens (tertiary/aromatic N) is 1. The molecule has 0 aliphatic heterocycles. The van der Waals surface area contributed by atoms with Crippen LogP contribution in [0.3, 0.4) is 0 Å². The van der Waals surface area contributed by atoms with Crippen LogP contribution in [0.25, 0.3) is 0 Å². The molecule has 400 valence electrons. The quantitative estimate of drug-likeness (QED) is 0.0324. The third-order valence-electron chi connectivity index (χ3n) is 15.9. The molecule has 2 heteroatoms. The molecule has 0 radical (unpaired) electrons. The Morgan fingerprint density at radius 1 is 0.136 bits per heavy atom. The van der Waals surface area contributed by atoms with Crippen molar-refractivity contribution in [1.29, 1.82) is 0 Å². The van der Waals surface area contributed by atoms with Crippen molar-refractivity contribution in [3.8, 4) is 0 Å². The third-order valence-corrected chi connectivity index (χ3v) is 15.9. The molecule has 0 unspecified atom stereocenters. The maximum Gasteiger partial charge on any atom is 0.0786 e. The van der Waals surface area contributed by atoms with Crippen LogP contribution in [0.5, 0.6) is 0 Å². The van der Waals surface area contributed by atoms with Crippen LogP contribution >= 0.6 is 0 Å². The summed E-state index contributed by atoms with van der Waals surface area (Å²) in [6.07, 6.45) is 82.7. The highest BCUT2D eigenvalue weighted by Crippen LogP contribution is 2.23. The first-order valence-corrected chi connectivity index (χ1v) is 32.1. The second-order valence-corrected chi connectivity index (χ2v) is 22.6. The van der Waals surface area contributed by atoms with E-state index >= 15 is 0 Å². The Bertz CT molecular complexity index is 677. The van der Waals surface area contributed by atoms with Crippen LogP contribution in [0.1, 0.15) is 387 Å². The molecular weight excluding hydrogens is 794 g/mol. The van der Waals surface area contributed by atoms with Crippen molar-refractivity contribution in [3.63, 3.8) is 0 Å². The predicted octanol–water partition coefficient (Wildman–Crippen LogP) is 22.3. The van der Waals surface area contributed by atoms with Gasteiger partial charge in [-0.3, -0.25) is 0 Å². The number of hydrogen-bond acceptors (Lipinski definition) is 0. The number of rotatable bonds is 60. The second kappa shape index (κ2) is 61.1. The van der Waals surface area contributed by atoms with Crippen LogP contribution in [0.2, 0.25) is 0 Å². The summed E-state index contributed by atoms with van der Waals surface area (Å²) in [5, 5.41) is 0. The summed E-state index contributed by atoms with van der Waals surface area (Å²) in [5.41, 5.74) is 0. The summed E-state index contributed by atoms with van der Waals surface area (Å²) in [5.74, 6) is 0. The molecule has 0 bridgehead atoms. The van der Waals surface area contributed by atoms with Gasteiger partial charge in [0.1, 0.15) is 0 Å². The van der Waals surface area contributed by atoms with E-state index in [0.29, 0.717) is 0 Å². The number of unbranched alkanes of at least 4 members (excludes halogenated alkanes) is 52. The predicted molar refractivity (Wildman–Crippen MR) is 312 cm³/mol. The Balaban J connectivity index is 0. The molecule has 0 saturated heterocycles. The van der Waals surface area contributed by atoms with Crippen LogP contribution in [0.15, 0.2) is 0 Å². The van der Waals surface area contributed by atoms with Crippen LogP contribution < -0.4 is 0 Å². The van der Waals surface area contributed by atoms with E-state index in [0.717, 1.165) is 0 Å². The summed E-state index contributed by atoms with van der Waals surface area (Å²) in [7, 11) is 0. The van der Waals surface area contributed by atoms with Gasteiger partial charge in [0, 0.05) is 0 Å². The molecule has 0 spiro atoms. The molecule has 0 aliphatic rings. The molecule has 0 aromatic heterocycles. The van der Waals surface area contributed by atoms with E-state index in [1.54, 1.807) is 0 Å². The zero-order valence-corrected chi connectivity index (χ0v) is 46.9. The monoisotopic (exact) mass is 930 g/mol. The van der Waals surface area contributed by atoms with Crippen LogP contribution in [0, 0.1) is 0 Å². The minimum atomic E-state index is 0. The second-order valence-electron chi connectivity index (χ2n) is 22.6. The minimum absolute atomic E-state index is 0. The van der Waals surface area contributed by atoms with E-state index in [9.17, 15) is 0 Å². The first kappa shape index (κ1) is 68.1. The minimum Gasteiger partial charge on any atom is -0.324 e. The fourth-order valence-corrected chi connectivity index (χ4v) is 11.2. The average molecular weight is 931 g/mol. The van der Waals surface area contributed by atoms with Gasteiger partial charge in [-0.2, -0.15) is 0 Å². The third kappa shape index (κ3) is 55.0. The van der Waals surface area contributed by atoms with Gasteiger partial charge in [0.25, 0.3) is 0 Å². The van der Waals surface area contributed by atoms with E-state index in [4.69, 9.17) is 0 Å². The molecule has 0 heterocycles. The maximum atomic E-state index is 2.33. The van der Waals surface area contributed by atoms with Gasteiger partial charge in [0.15, 0.2) is 0 Å². The topological polar surface area (TPSA) is 0 Å². The van der Waals surface area contributed by atoms with Crippen molar-refractivity contribution < 1.29 is 4.48 Å². The normalized spacial score (nSPS) is 11.8. The highest BCUT2D eigenvalue weighted by Gasteiger charge is 2.26. The Labute approximate surface area is 424 Å². The molecule has 0 aromatic rings. The lowest BCUT2D eigenvalue weighted by Gasteiger charge is -2.40. The van der Waals surface area contributed by atoms with Gasteiger partial charge in [-0.1, -0.05) is 344 Å². The average Bonchev–Trinajstić information content (AvgIpc) is 3.32. The summed E-state index contributed by atoms with van der Waals surface area (Å²) < 4.78 is 1.49. The summed E-state index contributed by atoms with van der Waals surface area (Å²) in [6.45, 7) is 15.3. The molecule has 1 nitrogen and oxygen atoms in total. The lowest BCUT2D eigenvalue weighted by atomic mass is 10.0. The fraction of sp³-hybridized carbons (Fsp3) is 1.00. The Morgan fingerprint density at radius 2 is 0.227 bits per heavy atom. The van der Waals surface area contributed by atoms with Crippen LogP contribution in [-0.2, 0) is 0 Å². The lowest BCUT2D eigenvalue weighted by molar-refractivity contribution is -0.929. The van der Waals surface area contributed by atoms with Gasteiger partial charge in [0.2, 0.25) is 0 Å². The molecule has 0 N–H and O–H groups in total. The van der Waals surface area contributed by atoms with E-state index in [1.807, 2.05) is 0 Å². The number of quaternary nitrogens is 1. The van der Waals surface area contributed by atoms with E-state index in [1.165, 1.54) is 390 Å². The first-order chi connectivity index (χ1) is 32.2. The van der Waals surface area contributed by atoms with E-state index in [2.05, 4.69) is 27.7 Å². The van der Waals surface area contributed by atoms with Crippen molar-refractivity contribution >= 4 is 8.41 Å². The molecule has 0 aromatic carbocycles. The zero-order chi connectivity index (χ0) is 46.9. The Kier molecular flexibility index (Phi) is 63.1. The van der Waals surface area contributed by atoms with Gasteiger partial charge >= 0.3 is 0 Å². The summed E-state index contributed by atoms with van der Waals surface area (Å²) in [4.78, 5) is 0. The van der Waals surface area contributed by atoms with Gasteiger partial charge in [0.05, 0.1) is 26.2 Å². The highest BCUT2D eigenvalue weighted by molar-refractivity contribution is 5.75. The van der Waals surface area contributed by atoms with E-state index < -0.39 is 0 Å². The van der Waals surface area contributed by atoms with Crippen molar-refractivity contribution in [2.75, 3.05) is 26.2 Å². The largest absolute Gasteiger partial charge is 0.324 e. The van der Waals surface area contributed by atoms with Crippen LogP contribution in [-0.4, -0.2) is 39.1 Å². The van der Waals surface area contributed by atoms with E-state index in [-0.39, 0.29) is 8.41 Å². The number of hydrogen-bond donors (Lipinski definition) is 0. The molecule has 0 saturated carbocycles. The summed E-state index contributed by atoms with van der Waals surface area (Å²) in [6, 6.07) is 0. The van der Waals surface area contributed by atoms with Gasteiger partial charge in [-0.05, 0) is 51.4 Å². The molecule has 66 heavy (non-hydrogen) atoms. The maximum absolute atomic E-state index is 2.33. The zero-order valence-electron chi connectivity index (χ0n) is 46.9. The fourth-order valence-electron chi connectivity index (χ4n) is 11.2. The van der Waals surface area contributed by atoms with Crippen LogP contribution in [0.4, 0.5) is 0 Å². The molecule has 0 amide bonds. The van der Waals surface area contributed by atoms with Crippen molar-refractivity contribution in [2.24, 2.45) is 0 Å². The van der Waals surface area contributed by atoms with Gasteiger partial charge in [-0.25, -0.2) is 0 Å². The molecule has 0 rings (SSSR count). The summed E-state index contributed by atoms with van der Waals surface area (Å²) >= 11 is 0. The Hall–Kier alpha value is 0.0249. The van der Waals surface area contributed by atoms with Gasteiger partial charge < -0.3 is 4.48 Å².